The summed E-state index contributed by atoms with van der Waals surface area (Å²) < 4.78 is 75.2. The van der Waals surface area contributed by atoms with Gasteiger partial charge in [0.15, 0.2) is 0 Å². The van der Waals surface area contributed by atoms with Crippen molar-refractivity contribution < 1.29 is 26.3 Å². The number of aryl methyl sites for hydroxylation is 1. The highest BCUT2D eigenvalue weighted by molar-refractivity contribution is 7.89. The van der Waals surface area contributed by atoms with E-state index in [1.54, 1.807) is 56.4 Å². The highest BCUT2D eigenvalue weighted by atomic mass is 32.2. The molecule has 0 saturated carbocycles. The molecule has 2 heterocycles. The van der Waals surface area contributed by atoms with Crippen LogP contribution in [0.5, 0.6) is 5.75 Å². The largest absolute Gasteiger partial charge is 0.497 e. The van der Waals surface area contributed by atoms with Crippen LogP contribution in [0.15, 0.2) is 78.2 Å². The minimum Gasteiger partial charge on any atom is -0.497 e. The first-order valence-corrected chi connectivity index (χ1v) is 13.2. The first kappa shape index (κ1) is 27.3. The van der Waals surface area contributed by atoms with Crippen molar-refractivity contribution in [3.05, 3.63) is 95.7 Å². The molecule has 0 radical (unpaired) electrons. The number of hydrogen-bond donors (Lipinski definition) is 0. The quantitative estimate of drug-likeness (QED) is 0.285. The maximum absolute atomic E-state index is 13.6. The van der Waals surface area contributed by atoms with Gasteiger partial charge in [0.25, 0.3) is 0 Å². The lowest BCUT2D eigenvalue weighted by atomic mass is 10.00. The number of aromatic nitrogens is 3. The molecule has 0 unspecified atom stereocenters. The van der Waals surface area contributed by atoms with Crippen molar-refractivity contribution >= 4 is 10.0 Å². The molecule has 0 atom stereocenters. The molecule has 200 valence electrons. The predicted octanol–water partition coefficient (Wildman–Crippen LogP) is 5.31. The summed E-state index contributed by atoms with van der Waals surface area (Å²) in [5, 5.41) is 0. The fourth-order valence-electron chi connectivity index (χ4n) is 4.06. The number of benzene rings is 2. The first-order chi connectivity index (χ1) is 18.0. The molecular formula is C27H27F3N4O3S. The summed E-state index contributed by atoms with van der Waals surface area (Å²) in [6, 6.07) is 13.7. The molecule has 7 nitrogen and oxygen atoms in total. The molecule has 0 aliphatic rings. The number of ether oxygens (including phenoxy) is 1. The smallest absolute Gasteiger partial charge is 0.416 e. The van der Waals surface area contributed by atoms with Crippen LogP contribution in [-0.4, -0.2) is 40.9 Å². The van der Waals surface area contributed by atoms with Crippen LogP contribution >= 0.6 is 0 Å². The minimum absolute atomic E-state index is 0.0641. The van der Waals surface area contributed by atoms with Gasteiger partial charge in [-0.15, -0.1) is 0 Å². The normalized spacial score (nSPS) is 12.2. The number of sulfonamides is 1. The van der Waals surface area contributed by atoms with Gasteiger partial charge < -0.3 is 9.30 Å². The van der Waals surface area contributed by atoms with Gasteiger partial charge in [0.1, 0.15) is 5.75 Å². The summed E-state index contributed by atoms with van der Waals surface area (Å²) in [4.78, 5) is 8.52. The summed E-state index contributed by atoms with van der Waals surface area (Å²) in [6.07, 6.45) is -0.00324. The Kier molecular flexibility index (Phi) is 7.89. The molecule has 0 amide bonds. The number of rotatable bonds is 9. The SMILES string of the molecule is CCN(Cc1ccc(OC)cc1)S(=O)(=O)c1ccc(Cc2cc(C(F)(F)F)ccn2)c(-c2cn(C)cn2)c1. The van der Waals surface area contributed by atoms with Gasteiger partial charge in [0, 0.05) is 50.2 Å². The van der Waals surface area contributed by atoms with Crippen molar-refractivity contribution in [1.82, 2.24) is 18.8 Å². The molecule has 0 bridgehead atoms. The fraction of sp³-hybridized carbons (Fsp3) is 0.259. The first-order valence-electron chi connectivity index (χ1n) is 11.8. The molecule has 0 aliphatic carbocycles. The van der Waals surface area contributed by atoms with Gasteiger partial charge in [-0.05, 0) is 47.5 Å². The third kappa shape index (κ3) is 6.05. The van der Waals surface area contributed by atoms with Crippen molar-refractivity contribution in [2.75, 3.05) is 13.7 Å². The molecule has 2 aromatic heterocycles. The predicted molar refractivity (Wildman–Crippen MR) is 137 cm³/mol. The number of alkyl halides is 3. The van der Waals surface area contributed by atoms with E-state index >= 15 is 0 Å². The molecule has 0 N–H and O–H groups in total. The number of imidazole rings is 1. The van der Waals surface area contributed by atoms with Gasteiger partial charge in [-0.25, -0.2) is 13.4 Å². The molecule has 2 aromatic carbocycles. The van der Waals surface area contributed by atoms with Gasteiger partial charge in [0.2, 0.25) is 10.0 Å². The zero-order valence-corrected chi connectivity index (χ0v) is 21.9. The zero-order valence-electron chi connectivity index (χ0n) is 21.1. The second-order valence-corrected chi connectivity index (χ2v) is 10.7. The monoisotopic (exact) mass is 544 g/mol. The number of halogens is 3. The number of pyridine rings is 1. The fourth-order valence-corrected chi connectivity index (χ4v) is 5.52. The molecule has 0 aliphatic heterocycles. The van der Waals surface area contributed by atoms with E-state index in [0.717, 1.165) is 23.9 Å². The summed E-state index contributed by atoms with van der Waals surface area (Å²) in [6.45, 7) is 2.16. The molecule has 11 heteroatoms. The maximum Gasteiger partial charge on any atom is 0.416 e. The molecule has 0 fully saturated rings. The Hall–Kier alpha value is -3.70. The third-order valence-corrected chi connectivity index (χ3v) is 8.00. The molecule has 4 aromatic rings. The Morgan fingerprint density at radius 3 is 2.37 bits per heavy atom. The lowest BCUT2D eigenvalue weighted by Crippen LogP contribution is -2.30. The van der Waals surface area contributed by atoms with E-state index in [0.29, 0.717) is 22.6 Å². The van der Waals surface area contributed by atoms with Crippen LogP contribution in [0.1, 0.15) is 29.3 Å². The van der Waals surface area contributed by atoms with Crippen LogP contribution < -0.4 is 4.74 Å². The summed E-state index contributed by atoms with van der Waals surface area (Å²) in [5.74, 6) is 0.672. The van der Waals surface area contributed by atoms with E-state index in [2.05, 4.69) is 9.97 Å². The topological polar surface area (TPSA) is 77.3 Å². The molecular weight excluding hydrogens is 517 g/mol. The Balaban J connectivity index is 1.71. The van der Waals surface area contributed by atoms with E-state index in [1.807, 2.05) is 12.1 Å². The second kappa shape index (κ2) is 11.0. The van der Waals surface area contributed by atoms with E-state index in [1.165, 1.54) is 16.4 Å². The summed E-state index contributed by atoms with van der Waals surface area (Å²) >= 11 is 0. The molecule has 4 rings (SSSR count). The van der Waals surface area contributed by atoms with Gasteiger partial charge >= 0.3 is 6.18 Å². The average Bonchev–Trinajstić information content (AvgIpc) is 3.33. The highest BCUT2D eigenvalue weighted by Gasteiger charge is 2.31. The summed E-state index contributed by atoms with van der Waals surface area (Å²) in [5.41, 5.74) is 1.83. The highest BCUT2D eigenvalue weighted by Crippen LogP contribution is 2.32. The zero-order chi connectivity index (χ0) is 27.5. The van der Waals surface area contributed by atoms with Gasteiger partial charge in [-0.1, -0.05) is 25.1 Å². The Labute approximate surface area is 219 Å². The number of hydrogen-bond acceptors (Lipinski definition) is 5. The van der Waals surface area contributed by atoms with Gasteiger partial charge in [-0.3, -0.25) is 4.98 Å². The third-order valence-electron chi connectivity index (χ3n) is 6.09. The van der Waals surface area contributed by atoms with E-state index in [4.69, 9.17) is 4.74 Å². The van der Waals surface area contributed by atoms with Crippen LogP contribution in [0.4, 0.5) is 13.2 Å². The Morgan fingerprint density at radius 2 is 1.76 bits per heavy atom. The average molecular weight is 545 g/mol. The van der Waals surface area contributed by atoms with Crippen molar-refractivity contribution in [3.8, 4) is 17.0 Å². The molecule has 0 spiro atoms. The lowest BCUT2D eigenvalue weighted by Gasteiger charge is -2.21. The second-order valence-electron chi connectivity index (χ2n) is 8.73. The van der Waals surface area contributed by atoms with Crippen molar-refractivity contribution in [2.45, 2.75) is 31.0 Å². The Morgan fingerprint density at radius 1 is 1.03 bits per heavy atom. The standard InChI is InChI=1S/C27H27F3N4O3S/c1-4-34(16-19-5-8-23(37-3)9-6-19)38(35,36)24-10-7-20(25(15-24)26-17-33(2)18-32-26)13-22-14-21(11-12-31-22)27(28,29)30/h5-12,14-15,17-18H,4,13,16H2,1-3H3. The van der Waals surface area contributed by atoms with E-state index < -0.39 is 21.8 Å². The van der Waals surface area contributed by atoms with Crippen LogP contribution in [0.3, 0.4) is 0 Å². The van der Waals surface area contributed by atoms with Crippen LogP contribution in [0.25, 0.3) is 11.3 Å². The Bertz CT molecular complexity index is 1520. The van der Waals surface area contributed by atoms with Gasteiger partial charge in [0.05, 0.1) is 29.6 Å². The van der Waals surface area contributed by atoms with Crippen molar-refractivity contribution in [3.63, 3.8) is 0 Å². The maximum atomic E-state index is 13.6. The van der Waals surface area contributed by atoms with Crippen LogP contribution in [-0.2, 0) is 36.2 Å². The van der Waals surface area contributed by atoms with Crippen molar-refractivity contribution in [2.24, 2.45) is 7.05 Å². The lowest BCUT2D eigenvalue weighted by molar-refractivity contribution is -0.137. The van der Waals surface area contributed by atoms with Crippen LogP contribution in [0, 0.1) is 0 Å². The summed E-state index contributed by atoms with van der Waals surface area (Å²) in [7, 11) is -0.565. The minimum atomic E-state index is -4.49. The van der Waals surface area contributed by atoms with E-state index in [9.17, 15) is 21.6 Å². The van der Waals surface area contributed by atoms with Gasteiger partial charge in [-0.2, -0.15) is 17.5 Å². The van der Waals surface area contributed by atoms with Crippen LogP contribution in [0.2, 0.25) is 0 Å². The molecule has 0 saturated heterocycles. The van der Waals surface area contributed by atoms with Crippen molar-refractivity contribution in [1.29, 1.82) is 0 Å². The van der Waals surface area contributed by atoms with E-state index in [-0.39, 0.29) is 30.1 Å². The molecule has 38 heavy (non-hydrogen) atoms. The number of nitrogens with zero attached hydrogens (tertiary/aromatic N) is 4. The number of methoxy groups -OCH3 is 1.